The van der Waals surface area contributed by atoms with Crippen molar-refractivity contribution in [2.24, 2.45) is 0 Å². The molecule has 0 spiro atoms. The van der Waals surface area contributed by atoms with Crippen LogP contribution in [0.1, 0.15) is 52.8 Å². The second-order valence-corrected chi connectivity index (χ2v) is 12.0. The highest BCUT2D eigenvalue weighted by molar-refractivity contribution is 9.10. The van der Waals surface area contributed by atoms with Crippen LogP contribution in [0.4, 0.5) is 25.8 Å². The molecule has 0 radical (unpaired) electrons. The third-order valence-electron chi connectivity index (χ3n) is 8.40. The summed E-state index contributed by atoms with van der Waals surface area (Å²) >= 11 is 3.25. The number of nitro groups is 1. The molecule has 5 rings (SSSR count). The fourth-order valence-corrected chi connectivity index (χ4v) is 6.55. The Labute approximate surface area is 250 Å². The fraction of sp³-hybridized carbons (Fsp3) is 0.536. The minimum atomic E-state index is -3.42. The first-order chi connectivity index (χ1) is 20.1. The first-order valence-corrected chi connectivity index (χ1v) is 14.9. The van der Waals surface area contributed by atoms with Gasteiger partial charge in [-0.2, -0.15) is 0 Å². The van der Waals surface area contributed by atoms with E-state index in [0.29, 0.717) is 37.9 Å². The van der Waals surface area contributed by atoms with Gasteiger partial charge in [0.2, 0.25) is 0 Å². The van der Waals surface area contributed by atoms with Crippen LogP contribution in [0, 0.1) is 10.1 Å². The summed E-state index contributed by atoms with van der Waals surface area (Å²) in [6.45, 7) is 0.959. The van der Waals surface area contributed by atoms with Gasteiger partial charge in [-0.05, 0) is 25.0 Å². The van der Waals surface area contributed by atoms with E-state index in [4.69, 9.17) is 0 Å². The van der Waals surface area contributed by atoms with Crippen LogP contribution in [0.5, 0.6) is 0 Å². The van der Waals surface area contributed by atoms with Crippen LogP contribution in [-0.2, 0) is 0 Å². The molecule has 226 valence electrons. The number of nitrogens with zero attached hydrogens (tertiary/aromatic N) is 5. The van der Waals surface area contributed by atoms with Crippen molar-refractivity contribution in [1.29, 1.82) is 0 Å². The van der Waals surface area contributed by atoms with E-state index in [2.05, 4.69) is 36.4 Å². The van der Waals surface area contributed by atoms with E-state index >= 15 is 8.78 Å². The summed E-state index contributed by atoms with van der Waals surface area (Å²) in [5, 5.41) is 17.5. The standard InChI is InChI=1S/C28H34BrF2N7O4/c1-32-20-11-18(14-33-15-20)26(39)37-16-24(28(30,31)17-37)34-25-22(12-19(29)13-23(25)38(41)42)27(40)36-9-7-35(8-10-36)21-5-3-2-4-6-21/h11-15,21,24,32,34H,2-10,16-17H2,1H3. The van der Waals surface area contributed by atoms with E-state index in [9.17, 15) is 19.7 Å². The first-order valence-electron chi connectivity index (χ1n) is 14.1. The molecule has 1 aromatic carbocycles. The molecule has 42 heavy (non-hydrogen) atoms. The Bertz CT molecular complexity index is 1350. The highest BCUT2D eigenvalue weighted by Gasteiger charge is 2.51. The predicted molar refractivity (Wildman–Crippen MR) is 157 cm³/mol. The first kappa shape index (κ1) is 30.1. The van der Waals surface area contributed by atoms with Crippen molar-refractivity contribution in [3.63, 3.8) is 0 Å². The largest absolute Gasteiger partial charge is 0.387 e. The number of carbonyl (C=O) groups excluding carboxylic acids is 2. The maximum absolute atomic E-state index is 15.3. The van der Waals surface area contributed by atoms with Crippen LogP contribution in [0.15, 0.2) is 35.1 Å². The third-order valence-corrected chi connectivity index (χ3v) is 8.85. The van der Waals surface area contributed by atoms with Crippen LogP contribution in [0.25, 0.3) is 0 Å². The van der Waals surface area contributed by atoms with Crippen molar-refractivity contribution in [3.05, 3.63) is 56.3 Å². The van der Waals surface area contributed by atoms with Gasteiger partial charge in [0, 0.05) is 68.7 Å². The molecule has 1 aliphatic carbocycles. The molecule has 2 aromatic rings. The van der Waals surface area contributed by atoms with Crippen molar-refractivity contribution in [1.82, 2.24) is 19.7 Å². The zero-order chi connectivity index (χ0) is 30.0. The van der Waals surface area contributed by atoms with Gasteiger partial charge in [-0.25, -0.2) is 8.78 Å². The average molecular weight is 651 g/mol. The summed E-state index contributed by atoms with van der Waals surface area (Å²) < 4.78 is 30.9. The maximum atomic E-state index is 15.3. The van der Waals surface area contributed by atoms with Crippen molar-refractivity contribution < 1.29 is 23.3 Å². The fourth-order valence-electron chi connectivity index (χ4n) is 6.10. The molecule has 1 aromatic heterocycles. The molecule has 11 nitrogen and oxygen atoms in total. The number of hydrogen-bond acceptors (Lipinski definition) is 8. The number of nitrogens with one attached hydrogen (secondary N) is 2. The molecule has 14 heteroatoms. The summed E-state index contributed by atoms with van der Waals surface area (Å²) in [6, 6.07) is 2.98. The summed E-state index contributed by atoms with van der Waals surface area (Å²) in [5.41, 5.74) is -0.152. The van der Waals surface area contributed by atoms with E-state index in [1.165, 1.54) is 49.9 Å². The molecule has 1 saturated carbocycles. The molecule has 3 aliphatic rings. The lowest BCUT2D eigenvalue weighted by Crippen LogP contribution is -2.52. The lowest BCUT2D eigenvalue weighted by atomic mass is 9.94. The van der Waals surface area contributed by atoms with E-state index in [1.807, 2.05) is 0 Å². The summed E-state index contributed by atoms with van der Waals surface area (Å²) in [6.07, 6.45) is 8.74. The minimum absolute atomic E-state index is 0.0614. The van der Waals surface area contributed by atoms with E-state index in [-0.39, 0.29) is 21.3 Å². The van der Waals surface area contributed by atoms with E-state index < -0.39 is 47.5 Å². The SMILES string of the molecule is CNc1cncc(C(=O)N2CC(Nc3c(C(=O)N4CCN(C5CCCCC5)CC4)cc(Br)cc3[N+](=O)[O-])C(F)(F)C2)c1. The van der Waals surface area contributed by atoms with Crippen LogP contribution < -0.4 is 10.6 Å². The molecule has 2 saturated heterocycles. The molecular formula is C28H34BrF2N7O4. The highest BCUT2D eigenvalue weighted by atomic mass is 79.9. The van der Waals surface area contributed by atoms with Gasteiger partial charge in [-0.3, -0.25) is 29.6 Å². The number of benzene rings is 1. The third kappa shape index (κ3) is 6.33. The number of rotatable bonds is 7. The number of halogens is 3. The van der Waals surface area contributed by atoms with E-state index in [0.717, 1.165) is 17.7 Å². The number of nitro benzene ring substituents is 1. The zero-order valence-electron chi connectivity index (χ0n) is 23.3. The number of aromatic nitrogens is 1. The normalized spacial score (nSPS) is 21.3. The van der Waals surface area contributed by atoms with Crippen LogP contribution in [-0.4, -0.2) is 101 Å². The summed E-state index contributed by atoms with van der Waals surface area (Å²) in [4.78, 5) is 47.1. The second kappa shape index (κ2) is 12.5. The Morgan fingerprint density at radius 2 is 1.76 bits per heavy atom. The van der Waals surface area contributed by atoms with E-state index in [1.54, 1.807) is 11.9 Å². The summed E-state index contributed by atoms with van der Waals surface area (Å²) in [5.74, 6) is -4.52. The van der Waals surface area contributed by atoms with Gasteiger partial charge >= 0.3 is 0 Å². The molecule has 2 amide bonds. The number of pyridine rings is 1. The van der Waals surface area contributed by atoms with Gasteiger partial charge in [-0.15, -0.1) is 0 Å². The molecule has 0 bridgehead atoms. The van der Waals surface area contributed by atoms with Crippen LogP contribution in [0.3, 0.4) is 0 Å². The van der Waals surface area contributed by atoms with Gasteiger partial charge in [-0.1, -0.05) is 35.2 Å². The second-order valence-electron chi connectivity index (χ2n) is 11.1. The minimum Gasteiger partial charge on any atom is -0.387 e. The molecule has 1 atom stereocenters. The molecular weight excluding hydrogens is 616 g/mol. The average Bonchev–Trinajstić information content (AvgIpc) is 3.30. The number of alkyl halides is 2. The number of anilines is 2. The monoisotopic (exact) mass is 649 g/mol. The molecule has 3 fully saturated rings. The Morgan fingerprint density at radius 1 is 1.05 bits per heavy atom. The lowest BCUT2D eigenvalue weighted by molar-refractivity contribution is -0.384. The highest BCUT2D eigenvalue weighted by Crippen LogP contribution is 2.38. The number of likely N-dealkylation sites (tertiary alicyclic amines) is 1. The van der Waals surface area contributed by atoms with Crippen LogP contribution >= 0.6 is 15.9 Å². The van der Waals surface area contributed by atoms with Gasteiger partial charge in [0.25, 0.3) is 23.4 Å². The van der Waals surface area contributed by atoms with Gasteiger partial charge in [0.15, 0.2) is 0 Å². The van der Waals surface area contributed by atoms with Crippen molar-refractivity contribution >= 4 is 44.8 Å². The van der Waals surface area contributed by atoms with Gasteiger partial charge in [0.05, 0.1) is 28.3 Å². The molecule has 1 unspecified atom stereocenters. The molecule has 2 aliphatic heterocycles. The Hall–Kier alpha value is -3.39. The Morgan fingerprint density at radius 3 is 2.43 bits per heavy atom. The van der Waals surface area contributed by atoms with Gasteiger partial charge < -0.3 is 20.4 Å². The lowest BCUT2D eigenvalue weighted by Gasteiger charge is -2.41. The summed E-state index contributed by atoms with van der Waals surface area (Å²) in [7, 11) is 1.65. The molecule has 2 N–H and O–H groups in total. The quantitative estimate of drug-likeness (QED) is 0.333. The Kier molecular flexibility index (Phi) is 8.92. The maximum Gasteiger partial charge on any atom is 0.294 e. The predicted octanol–water partition coefficient (Wildman–Crippen LogP) is 4.46. The van der Waals surface area contributed by atoms with Crippen molar-refractivity contribution in [2.75, 3.05) is 56.9 Å². The smallest absolute Gasteiger partial charge is 0.294 e. The van der Waals surface area contributed by atoms with Crippen molar-refractivity contribution in [2.45, 2.75) is 50.1 Å². The number of carbonyl (C=O) groups is 2. The topological polar surface area (TPSA) is 124 Å². The van der Waals surface area contributed by atoms with Crippen molar-refractivity contribution in [3.8, 4) is 0 Å². The number of piperazine rings is 1. The Balaban J connectivity index is 1.37. The number of amides is 2. The van der Waals surface area contributed by atoms with Crippen LogP contribution in [0.2, 0.25) is 0 Å². The molecule has 3 heterocycles. The number of hydrogen-bond donors (Lipinski definition) is 2. The van der Waals surface area contributed by atoms with Gasteiger partial charge in [0.1, 0.15) is 11.7 Å². The zero-order valence-corrected chi connectivity index (χ0v) is 24.9.